The van der Waals surface area contributed by atoms with Crippen LogP contribution in [0.15, 0.2) is 15.8 Å². The van der Waals surface area contributed by atoms with E-state index in [1.165, 1.54) is 0 Å². The second-order valence-electron chi connectivity index (χ2n) is 2.51. The zero-order chi connectivity index (χ0) is 9.84. The molecule has 13 heavy (non-hydrogen) atoms. The van der Waals surface area contributed by atoms with E-state index in [9.17, 15) is 0 Å². The maximum atomic E-state index is 5.83. The van der Waals surface area contributed by atoms with Crippen molar-refractivity contribution in [3.8, 4) is 0 Å². The summed E-state index contributed by atoms with van der Waals surface area (Å²) in [6.45, 7) is 2.10. The number of aliphatic imine (C=N–C) groups is 1. The molecule has 0 aromatic heterocycles. The zero-order valence-corrected chi connectivity index (χ0v) is 9.51. The molecule has 0 aliphatic carbocycles. The van der Waals surface area contributed by atoms with Gasteiger partial charge in [0.05, 0.1) is 5.70 Å². The van der Waals surface area contributed by atoms with Gasteiger partial charge in [0, 0.05) is 5.75 Å². The van der Waals surface area contributed by atoms with Crippen LogP contribution in [0.25, 0.3) is 0 Å². The monoisotopic (exact) mass is 239 g/mol. The third kappa shape index (κ3) is 2.97. The molecular weight excluding hydrogens is 229 g/mol. The molecule has 1 aliphatic rings. The maximum Gasteiger partial charge on any atom is 0.168 e. The molecule has 0 spiro atoms. The topological polar surface area (TPSA) is 50.4 Å². The number of hydrogen-bond donors (Lipinski definition) is 2. The molecule has 0 saturated heterocycles. The van der Waals surface area contributed by atoms with E-state index in [0.29, 0.717) is 10.9 Å². The van der Waals surface area contributed by atoms with Gasteiger partial charge < -0.3 is 11.1 Å². The zero-order valence-electron chi connectivity index (χ0n) is 7.18. The summed E-state index contributed by atoms with van der Waals surface area (Å²) in [5.41, 5.74) is 5.39. The van der Waals surface area contributed by atoms with Crippen molar-refractivity contribution in [2.24, 2.45) is 10.7 Å². The lowest BCUT2D eigenvalue weighted by Crippen LogP contribution is -2.30. The molecule has 74 valence electrons. The standard InChI is InChI=1S/C7H11Cl2N3S/c1-2-3-13-7-11-5(8)4(10)6(9)12-7/h5H,2-3,10H2,1H3,(H,11,12). The molecule has 0 aromatic rings. The van der Waals surface area contributed by atoms with Crippen molar-refractivity contribution in [3.63, 3.8) is 0 Å². The minimum atomic E-state index is -0.534. The van der Waals surface area contributed by atoms with Crippen LogP contribution in [0, 0.1) is 0 Å². The first kappa shape index (κ1) is 11.0. The number of thioether (sulfide) groups is 1. The van der Waals surface area contributed by atoms with E-state index in [4.69, 9.17) is 28.9 Å². The van der Waals surface area contributed by atoms with Crippen LogP contribution >= 0.6 is 35.0 Å². The predicted molar refractivity (Wildman–Crippen MR) is 60.0 cm³/mol. The predicted octanol–water partition coefficient (Wildman–Crippen LogP) is 2.02. The fraction of sp³-hybridized carbons (Fsp3) is 0.571. The van der Waals surface area contributed by atoms with E-state index in [0.717, 1.165) is 17.3 Å². The summed E-state index contributed by atoms with van der Waals surface area (Å²) < 4.78 is 0. The Labute approximate surface area is 91.7 Å². The lowest BCUT2D eigenvalue weighted by molar-refractivity contribution is 0.945. The van der Waals surface area contributed by atoms with Gasteiger partial charge in [0.2, 0.25) is 0 Å². The van der Waals surface area contributed by atoms with E-state index < -0.39 is 5.50 Å². The highest BCUT2D eigenvalue weighted by Gasteiger charge is 2.18. The normalized spacial score (nSPS) is 22.7. The fourth-order valence-electron chi connectivity index (χ4n) is 0.747. The second kappa shape index (κ2) is 4.98. The van der Waals surface area contributed by atoms with Gasteiger partial charge in [-0.2, -0.15) is 0 Å². The lowest BCUT2D eigenvalue weighted by Gasteiger charge is -2.18. The van der Waals surface area contributed by atoms with E-state index in [1.807, 2.05) is 0 Å². The molecule has 3 nitrogen and oxygen atoms in total. The number of rotatable bonds is 2. The van der Waals surface area contributed by atoms with Crippen molar-refractivity contribution in [2.75, 3.05) is 5.75 Å². The van der Waals surface area contributed by atoms with Crippen molar-refractivity contribution < 1.29 is 0 Å². The molecular formula is C7H11Cl2N3S. The first-order chi connectivity index (χ1) is 6.15. The minimum Gasteiger partial charge on any atom is -0.397 e. The van der Waals surface area contributed by atoms with Gasteiger partial charge >= 0.3 is 0 Å². The summed E-state index contributed by atoms with van der Waals surface area (Å²) in [6, 6.07) is 0. The summed E-state index contributed by atoms with van der Waals surface area (Å²) in [4.78, 5) is 4.12. The van der Waals surface area contributed by atoms with Crippen LogP contribution in [-0.2, 0) is 0 Å². The van der Waals surface area contributed by atoms with Crippen molar-refractivity contribution in [3.05, 3.63) is 10.9 Å². The summed E-state index contributed by atoms with van der Waals surface area (Å²) in [7, 11) is 0. The van der Waals surface area contributed by atoms with Gasteiger partial charge in [0.15, 0.2) is 10.7 Å². The van der Waals surface area contributed by atoms with Gasteiger partial charge in [-0.1, -0.05) is 41.9 Å². The van der Waals surface area contributed by atoms with Crippen LogP contribution in [0.2, 0.25) is 0 Å². The molecule has 6 heteroatoms. The molecule has 0 radical (unpaired) electrons. The molecule has 1 rings (SSSR count). The van der Waals surface area contributed by atoms with Gasteiger partial charge in [-0.15, -0.1) is 0 Å². The van der Waals surface area contributed by atoms with E-state index in [1.54, 1.807) is 11.8 Å². The number of halogens is 2. The Hall–Kier alpha value is -0.0600. The molecule has 0 fully saturated rings. The van der Waals surface area contributed by atoms with Gasteiger partial charge in [-0.3, -0.25) is 0 Å². The minimum absolute atomic E-state index is 0.379. The number of nitrogens with zero attached hydrogens (tertiary/aromatic N) is 1. The van der Waals surface area contributed by atoms with Crippen LogP contribution in [0.5, 0.6) is 0 Å². The molecule has 3 N–H and O–H groups in total. The van der Waals surface area contributed by atoms with Gasteiger partial charge in [-0.05, 0) is 6.42 Å². The van der Waals surface area contributed by atoms with Crippen LogP contribution in [0.1, 0.15) is 13.3 Å². The van der Waals surface area contributed by atoms with Crippen molar-refractivity contribution in [2.45, 2.75) is 18.8 Å². The Morgan fingerprint density at radius 1 is 1.69 bits per heavy atom. The summed E-state index contributed by atoms with van der Waals surface area (Å²) in [5, 5.41) is 4.00. The van der Waals surface area contributed by atoms with Gasteiger partial charge in [0.1, 0.15) is 5.16 Å². The Kier molecular flexibility index (Phi) is 4.22. The van der Waals surface area contributed by atoms with E-state index >= 15 is 0 Å². The van der Waals surface area contributed by atoms with Gasteiger partial charge in [0.25, 0.3) is 0 Å². The van der Waals surface area contributed by atoms with Gasteiger partial charge in [-0.25, -0.2) is 4.99 Å². The third-order valence-corrected chi connectivity index (χ3v) is 3.14. The SMILES string of the molecule is CCCSC1=NC(Cl)C(N)=C(Cl)N1. The number of nitrogens with one attached hydrogen (secondary N) is 1. The maximum absolute atomic E-state index is 5.83. The Balaban J connectivity index is 2.57. The summed E-state index contributed by atoms with van der Waals surface area (Å²) in [5.74, 6) is 0.986. The average Bonchev–Trinajstić information content (AvgIpc) is 2.10. The van der Waals surface area contributed by atoms with Crippen molar-refractivity contribution in [1.82, 2.24) is 5.32 Å². The van der Waals surface area contributed by atoms with Crippen LogP contribution in [0.4, 0.5) is 0 Å². The smallest absolute Gasteiger partial charge is 0.168 e. The molecule has 0 amide bonds. The van der Waals surface area contributed by atoms with E-state index in [2.05, 4.69) is 17.2 Å². The molecule has 0 saturated carbocycles. The van der Waals surface area contributed by atoms with E-state index in [-0.39, 0.29) is 0 Å². The van der Waals surface area contributed by atoms with Crippen LogP contribution in [-0.4, -0.2) is 16.4 Å². The van der Waals surface area contributed by atoms with Crippen molar-refractivity contribution >= 4 is 40.1 Å². The molecule has 0 bridgehead atoms. The van der Waals surface area contributed by atoms with Crippen LogP contribution < -0.4 is 11.1 Å². The highest BCUT2D eigenvalue weighted by Crippen LogP contribution is 2.20. The van der Waals surface area contributed by atoms with Crippen LogP contribution in [0.3, 0.4) is 0 Å². The summed E-state index contributed by atoms with van der Waals surface area (Å²) >= 11 is 13.2. The molecule has 0 aromatic carbocycles. The highest BCUT2D eigenvalue weighted by atomic mass is 35.5. The molecule has 1 aliphatic heterocycles. The Morgan fingerprint density at radius 3 is 2.92 bits per heavy atom. The lowest BCUT2D eigenvalue weighted by atomic mass is 10.4. The largest absolute Gasteiger partial charge is 0.397 e. The Morgan fingerprint density at radius 2 is 2.38 bits per heavy atom. The Bertz CT molecular complexity index is 252. The number of alkyl halides is 1. The average molecular weight is 240 g/mol. The first-order valence-corrected chi connectivity index (χ1v) is 5.72. The quantitative estimate of drug-likeness (QED) is 0.573. The first-order valence-electron chi connectivity index (χ1n) is 3.92. The number of amidine groups is 1. The molecule has 1 atom stereocenters. The number of nitrogens with two attached hydrogens (primary N) is 1. The highest BCUT2D eigenvalue weighted by molar-refractivity contribution is 8.13. The number of hydrogen-bond acceptors (Lipinski definition) is 4. The summed E-state index contributed by atoms with van der Waals surface area (Å²) in [6.07, 6.45) is 1.08. The second-order valence-corrected chi connectivity index (χ2v) is 4.39. The molecule has 1 heterocycles. The third-order valence-electron chi connectivity index (χ3n) is 1.40. The van der Waals surface area contributed by atoms with Crippen molar-refractivity contribution in [1.29, 1.82) is 0 Å². The fourth-order valence-corrected chi connectivity index (χ4v) is 2.07. The molecule has 1 unspecified atom stereocenters.